The third-order valence-corrected chi connectivity index (χ3v) is 5.56. The molecule has 7 heteroatoms. The molecule has 0 amide bonds. The van der Waals surface area contributed by atoms with Crippen molar-refractivity contribution < 1.29 is 0 Å². The lowest BCUT2D eigenvalue weighted by Gasteiger charge is -2.29. The molecule has 0 radical (unpaired) electrons. The Morgan fingerprint density at radius 3 is 2.57 bits per heavy atom. The van der Waals surface area contributed by atoms with Gasteiger partial charge in [0.2, 0.25) is 0 Å². The molecule has 1 saturated carbocycles. The van der Waals surface area contributed by atoms with Gasteiger partial charge in [-0.25, -0.2) is 0 Å². The molecule has 1 aliphatic rings. The van der Waals surface area contributed by atoms with E-state index in [4.69, 9.17) is 0 Å². The highest BCUT2D eigenvalue weighted by Crippen LogP contribution is 2.35. The maximum Gasteiger partial charge on any atom is 0.191 e. The van der Waals surface area contributed by atoms with Crippen LogP contribution in [0.4, 0.5) is 0 Å². The van der Waals surface area contributed by atoms with Crippen LogP contribution in [0.1, 0.15) is 49.9 Å². The highest BCUT2D eigenvalue weighted by molar-refractivity contribution is 14.0. The largest absolute Gasteiger partial charge is 0.356 e. The Balaban J connectivity index is 0.00000280. The van der Waals surface area contributed by atoms with Crippen molar-refractivity contribution in [2.75, 3.05) is 20.1 Å². The van der Waals surface area contributed by atoms with Crippen molar-refractivity contribution in [3.8, 4) is 0 Å². The minimum atomic E-state index is 0. The third-order valence-electron chi connectivity index (χ3n) is 5.56. The van der Waals surface area contributed by atoms with Crippen molar-refractivity contribution in [2.45, 2.75) is 51.5 Å². The number of benzene rings is 1. The van der Waals surface area contributed by atoms with E-state index < -0.39 is 0 Å². The van der Waals surface area contributed by atoms with Crippen molar-refractivity contribution in [1.29, 1.82) is 0 Å². The van der Waals surface area contributed by atoms with Gasteiger partial charge in [-0.2, -0.15) is 0 Å². The van der Waals surface area contributed by atoms with Crippen LogP contribution in [-0.2, 0) is 13.0 Å². The number of nitrogens with zero attached hydrogens (tertiary/aromatic N) is 4. The lowest BCUT2D eigenvalue weighted by atomic mass is 9.79. The molecule has 0 saturated heterocycles. The molecule has 2 aromatic rings. The molecule has 1 aromatic heterocycles. The van der Waals surface area contributed by atoms with Gasteiger partial charge in [0.15, 0.2) is 5.96 Å². The second-order valence-electron chi connectivity index (χ2n) is 7.30. The Kier molecular flexibility index (Phi) is 9.73. The summed E-state index contributed by atoms with van der Waals surface area (Å²) in [5, 5.41) is 15.0. The van der Waals surface area contributed by atoms with Gasteiger partial charge >= 0.3 is 0 Å². The molecule has 154 valence electrons. The van der Waals surface area contributed by atoms with Crippen LogP contribution in [-0.4, -0.2) is 40.9 Å². The third kappa shape index (κ3) is 6.46. The molecule has 3 rings (SSSR count). The first kappa shape index (κ1) is 22.6. The Morgan fingerprint density at radius 1 is 1.14 bits per heavy atom. The monoisotopic (exact) mass is 496 g/mol. The van der Waals surface area contributed by atoms with Crippen molar-refractivity contribution in [3.05, 3.63) is 48.0 Å². The molecule has 1 aromatic carbocycles. The minimum Gasteiger partial charge on any atom is -0.356 e. The topological polar surface area (TPSA) is 67.1 Å². The van der Waals surface area contributed by atoms with E-state index in [1.165, 1.54) is 31.2 Å². The highest BCUT2D eigenvalue weighted by Gasteiger charge is 2.22. The number of hydrogen-bond acceptors (Lipinski definition) is 3. The molecule has 0 unspecified atom stereocenters. The highest BCUT2D eigenvalue weighted by atomic mass is 127. The van der Waals surface area contributed by atoms with Gasteiger partial charge < -0.3 is 15.2 Å². The zero-order valence-corrected chi connectivity index (χ0v) is 19.3. The number of halogens is 1. The van der Waals surface area contributed by atoms with E-state index in [1.807, 2.05) is 7.05 Å². The normalized spacial score (nSPS) is 19.7. The van der Waals surface area contributed by atoms with Crippen molar-refractivity contribution in [2.24, 2.45) is 10.9 Å². The van der Waals surface area contributed by atoms with Crippen LogP contribution in [0.3, 0.4) is 0 Å². The SMILES string of the molecule is CCc1nncn1CCNC(=NC)NCC1CCC(c2ccccc2)CC1.I. The first-order chi connectivity index (χ1) is 13.3. The van der Waals surface area contributed by atoms with E-state index in [9.17, 15) is 0 Å². The summed E-state index contributed by atoms with van der Waals surface area (Å²) in [6.07, 6.45) is 7.83. The minimum absolute atomic E-state index is 0. The van der Waals surface area contributed by atoms with Crippen molar-refractivity contribution >= 4 is 29.9 Å². The summed E-state index contributed by atoms with van der Waals surface area (Å²) in [6, 6.07) is 11.0. The zero-order chi connectivity index (χ0) is 18.9. The molecule has 0 aliphatic heterocycles. The number of aromatic nitrogens is 3. The molecule has 2 N–H and O–H groups in total. The Bertz CT molecular complexity index is 707. The first-order valence-corrected chi connectivity index (χ1v) is 10.2. The van der Waals surface area contributed by atoms with Gasteiger partial charge in [0.05, 0.1) is 0 Å². The Morgan fingerprint density at radius 2 is 1.89 bits per heavy atom. The molecular weight excluding hydrogens is 463 g/mol. The van der Waals surface area contributed by atoms with E-state index in [0.29, 0.717) is 0 Å². The van der Waals surface area contributed by atoms with Crippen LogP contribution in [0.15, 0.2) is 41.7 Å². The van der Waals surface area contributed by atoms with E-state index in [-0.39, 0.29) is 24.0 Å². The zero-order valence-electron chi connectivity index (χ0n) is 17.0. The van der Waals surface area contributed by atoms with E-state index in [1.54, 1.807) is 6.33 Å². The van der Waals surface area contributed by atoms with Crippen LogP contribution < -0.4 is 10.6 Å². The number of aliphatic imine (C=N–C) groups is 1. The quantitative estimate of drug-likeness (QED) is 0.349. The second kappa shape index (κ2) is 12.0. The molecule has 0 atom stereocenters. The molecule has 0 bridgehead atoms. The number of rotatable bonds is 7. The fourth-order valence-corrected chi connectivity index (χ4v) is 3.92. The standard InChI is InChI=1S/C21H32N6.HI/c1-3-20-26-25-16-27(20)14-13-23-21(22-2)24-15-17-9-11-19(12-10-17)18-7-5-4-6-8-18;/h4-8,16-17,19H,3,9-15H2,1-2H3,(H2,22,23,24);1H. The van der Waals surface area contributed by atoms with Crippen LogP contribution in [0.25, 0.3) is 0 Å². The van der Waals surface area contributed by atoms with Crippen LogP contribution in [0.5, 0.6) is 0 Å². The molecule has 0 spiro atoms. The maximum absolute atomic E-state index is 4.35. The van der Waals surface area contributed by atoms with Gasteiger partial charge in [0.25, 0.3) is 0 Å². The lowest BCUT2D eigenvalue weighted by Crippen LogP contribution is -2.41. The van der Waals surface area contributed by atoms with Gasteiger partial charge in [-0.15, -0.1) is 34.2 Å². The molecule has 28 heavy (non-hydrogen) atoms. The molecule has 1 heterocycles. The second-order valence-corrected chi connectivity index (χ2v) is 7.30. The van der Waals surface area contributed by atoms with Gasteiger partial charge in [0.1, 0.15) is 12.2 Å². The number of nitrogens with one attached hydrogen (secondary N) is 2. The maximum atomic E-state index is 4.35. The van der Waals surface area contributed by atoms with E-state index in [2.05, 4.69) is 67.6 Å². The fraction of sp³-hybridized carbons (Fsp3) is 0.571. The summed E-state index contributed by atoms with van der Waals surface area (Å²) in [5.41, 5.74) is 1.50. The fourth-order valence-electron chi connectivity index (χ4n) is 3.92. The Labute approximate surface area is 185 Å². The summed E-state index contributed by atoms with van der Waals surface area (Å²) in [5.74, 6) is 3.37. The van der Waals surface area contributed by atoms with Crippen molar-refractivity contribution in [3.63, 3.8) is 0 Å². The number of hydrogen-bond donors (Lipinski definition) is 2. The number of aryl methyl sites for hydroxylation is 1. The average molecular weight is 496 g/mol. The molecule has 1 aliphatic carbocycles. The summed E-state index contributed by atoms with van der Waals surface area (Å²) in [7, 11) is 1.83. The van der Waals surface area contributed by atoms with Gasteiger partial charge in [-0.1, -0.05) is 37.3 Å². The van der Waals surface area contributed by atoms with E-state index in [0.717, 1.165) is 49.7 Å². The predicted octanol–water partition coefficient (Wildman–Crippen LogP) is 3.60. The Hall–Kier alpha value is -1.64. The molecule has 6 nitrogen and oxygen atoms in total. The van der Waals surface area contributed by atoms with Crippen LogP contribution in [0, 0.1) is 5.92 Å². The number of guanidine groups is 1. The summed E-state index contributed by atoms with van der Waals surface area (Å²) in [4.78, 5) is 4.35. The van der Waals surface area contributed by atoms with Crippen LogP contribution >= 0.6 is 24.0 Å². The smallest absolute Gasteiger partial charge is 0.191 e. The molecular formula is C21H33IN6. The van der Waals surface area contributed by atoms with Gasteiger partial charge in [-0.05, 0) is 43.1 Å². The van der Waals surface area contributed by atoms with Crippen LogP contribution in [0.2, 0.25) is 0 Å². The van der Waals surface area contributed by atoms with Gasteiger partial charge in [0, 0.05) is 33.1 Å². The van der Waals surface area contributed by atoms with Crippen molar-refractivity contribution in [1.82, 2.24) is 25.4 Å². The van der Waals surface area contributed by atoms with Gasteiger partial charge in [-0.3, -0.25) is 4.99 Å². The predicted molar refractivity (Wildman–Crippen MR) is 125 cm³/mol. The summed E-state index contributed by atoms with van der Waals surface area (Å²) in [6.45, 7) is 4.75. The summed E-state index contributed by atoms with van der Waals surface area (Å²) >= 11 is 0. The summed E-state index contributed by atoms with van der Waals surface area (Å²) < 4.78 is 2.09. The van der Waals surface area contributed by atoms with E-state index >= 15 is 0 Å². The molecule has 1 fully saturated rings. The first-order valence-electron chi connectivity index (χ1n) is 10.2. The average Bonchev–Trinajstić information content (AvgIpc) is 3.19. The lowest BCUT2D eigenvalue weighted by molar-refractivity contribution is 0.324.